The molecule has 1 aliphatic carbocycles. The van der Waals surface area contributed by atoms with Crippen molar-refractivity contribution in [3.63, 3.8) is 0 Å². The lowest BCUT2D eigenvalue weighted by molar-refractivity contribution is -0.132. The number of carbonyl (C=O) groups is 2. The van der Waals surface area contributed by atoms with Crippen LogP contribution in [0.5, 0.6) is 11.5 Å². The Bertz CT molecular complexity index is 1350. The van der Waals surface area contributed by atoms with Crippen LogP contribution in [0, 0.1) is 0 Å². The highest BCUT2D eigenvalue weighted by atomic mass is 16.7. The largest absolute Gasteiger partial charge is 0.507 e. The highest BCUT2D eigenvalue weighted by molar-refractivity contribution is 6.51. The van der Waals surface area contributed by atoms with Crippen LogP contribution >= 0.6 is 0 Å². The van der Waals surface area contributed by atoms with Crippen molar-refractivity contribution in [2.24, 2.45) is 0 Å². The molecule has 0 saturated carbocycles. The lowest BCUT2D eigenvalue weighted by Crippen LogP contribution is -2.29. The van der Waals surface area contributed by atoms with Crippen LogP contribution in [-0.4, -0.2) is 28.6 Å². The summed E-state index contributed by atoms with van der Waals surface area (Å²) >= 11 is 0. The second-order valence-corrected chi connectivity index (χ2v) is 8.65. The first-order valence-electron chi connectivity index (χ1n) is 11.4. The molecule has 2 aliphatic heterocycles. The molecule has 3 heterocycles. The normalized spacial score (nSPS) is 20.5. The second-order valence-electron chi connectivity index (χ2n) is 8.65. The number of anilines is 1. The number of ketones is 1. The van der Waals surface area contributed by atoms with Gasteiger partial charge >= 0.3 is 0 Å². The Morgan fingerprint density at radius 1 is 0.941 bits per heavy atom. The maximum absolute atomic E-state index is 13.3. The van der Waals surface area contributed by atoms with Crippen molar-refractivity contribution in [3.8, 4) is 11.5 Å². The fourth-order valence-electron chi connectivity index (χ4n) is 4.99. The van der Waals surface area contributed by atoms with Crippen LogP contribution in [0.25, 0.3) is 5.76 Å². The maximum atomic E-state index is 13.3. The number of aliphatic hydroxyl groups is 1. The summed E-state index contributed by atoms with van der Waals surface area (Å²) in [6, 6.07) is 15.3. The molecule has 170 valence electrons. The van der Waals surface area contributed by atoms with Gasteiger partial charge in [0.2, 0.25) is 6.79 Å². The Kier molecular flexibility index (Phi) is 4.83. The first-order chi connectivity index (χ1) is 16.6. The van der Waals surface area contributed by atoms with Gasteiger partial charge in [-0.1, -0.05) is 18.2 Å². The molecule has 1 unspecified atom stereocenters. The van der Waals surface area contributed by atoms with E-state index in [9.17, 15) is 14.7 Å². The van der Waals surface area contributed by atoms with Gasteiger partial charge in [-0.15, -0.1) is 0 Å². The van der Waals surface area contributed by atoms with Crippen molar-refractivity contribution < 1.29 is 24.2 Å². The van der Waals surface area contributed by atoms with Gasteiger partial charge in [-0.2, -0.15) is 0 Å². The van der Waals surface area contributed by atoms with E-state index in [2.05, 4.69) is 4.98 Å². The first-order valence-corrected chi connectivity index (χ1v) is 11.4. The molecule has 7 nitrogen and oxygen atoms in total. The Morgan fingerprint density at radius 2 is 1.76 bits per heavy atom. The molecular formula is C27H22N2O5. The minimum absolute atomic E-state index is 0.0251. The van der Waals surface area contributed by atoms with Crippen molar-refractivity contribution >= 4 is 23.1 Å². The molecule has 1 atom stereocenters. The van der Waals surface area contributed by atoms with Gasteiger partial charge < -0.3 is 14.6 Å². The molecule has 2 aromatic carbocycles. The fourth-order valence-corrected chi connectivity index (χ4v) is 4.99. The zero-order chi connectivity index (χ0) is 23.2. The molecule has 0 bridgehead atoms. The average molecular weight is 454 g/mol. The molecule has 1 N–H and O–H groups in total. The smallest absolute Gasteiger partial charge is 0.300 e. The molecule has 1 aromatic heterocycles. The van der Waals surface area contributed by atoms with Gasteiger partial charge in [-0.25, -0.2) is 0 Å². The zero-order valence-corrected chi connectivity index (χ0v) is 18.4. The number of aryl methyl sites for hydroxylation is 2. The topological polar surface area (TPSA) is 89.0 Å². The summed E-state index contributed by atoms with van der Waals surface area (Å²) in [5.41, 5.74) is 3.95. The summed E-state index contributed by atoms with van der Waals surface area (Å²) in [5, 5.41) is 11.4. The number of benzene rings is 2. The summed E-state index contributed by atoms with van der Waals surface area (Å²) < 4.78 is 10.9. The number of amides is 1. The quantitative estimate of drug-likeness (QED) is 0.360. The molecule has 7 heteroatoms. The van der Waals surface area contributed by atoms with E-state index in [0.29, 0.717) is 28.4 Å². The van der Waals surface area contributed by atoms with Crippen LogP contribution in [0.3, 0.4) is 0 Å². The minimum atomic E-state index is -0.877. The van der Waals surface area contributed by atoms with Gasteiger partial charge in [-0.3, -0.25) is 19.5 Å². The van der Waals surface area contributed by atoms with Gasteiger partial charge in [0.25, 0.3) is 11.7 Å². The molecule has 0 spiro atoms. The van der Waals surface area contributed by atoms with E-state index < -0.39 is 17.7 Å². The Balaban J connectivity index is 1.51. The molecule has 3 aliphatic rings. The highest BCUT2D eigenvalue weighted by Gasteiger charge is 2.48. The van der Waals surface area contributed by atoms with Crippen molar-refractivity contribution in [3.05, 3.63) is 88.8 Å². The molecule has 1 fully saturated rings. The summed E-state index contributed by atoms with van der Waals surface area (Å²) in [4.78, 5) is 32.4. The molecule has 34 heavy (non-hydrogen) atoms. The van der Waals surface area contributed by atoms with Gasteiger partial charge in [0, 0.05) is 23.5 Å². The number of fused-ring (bicyclic) bond motifs is 2. The van der Waals surface area contributed by atoms with Crippen LogP contribution in [0.1, 0.15) is 41.3 Å². The maximum Gasteiger partial charge on any atom is 0.300 e. The van der Waals surface area contributed by atoms with Crippen LogP contribution in [0.2, 0.25) is 0 Å². The number of nitrogens with zero attached hydrogens (tertiary/aromatic N) is 2. The summed E-state index contributed by atoms with van der Waals surface area (Å²) in [6.45, 7) is 0.0968. The number of hydrogen-bond donors (Lipinski definition) is 1. The van der Waals surface area contributed by atoms with E-state index in [1.165, 1.54) is 16.0 Å². The molecule has 6 rings (SSSR count). The van der Waals surface area contributed by atoms with E-state index in [1.54, 1.807) is 42.6 Å². The van der Waals surface area contributed by atoms with E-state index in [1.807, 2.05) is 18.2 Å². The van der Waals surface area contributed by atoms with Gasteiger partial charge in [-0.05, 0) is 67.1 Å². The zero-order valence-electron chi connectivity index (χ0n) is 18.4. The van der Waals surface area contributed by atoms with E-state index >= 15 is 0 Å². The van der Waals surface area contributed by atoms with Crippen molar-refractivity contribution in [2.75, 3.05) is 11.7 Å². The minimum Gasteiger partial charge on any atom is -0.507 e. The summed E-state index contributed by atoms with van der Waals surface area (Å²) in [7, 11) is 0. The van der Waals surface area contributed by atoms with E-state index in [-0.39, 0.29) is 18.1 Å². The molecule has 3 aromatic rings. The average Bonchev–Trinajstić information content (AvgIpc) is 3.45. The SMILES string of the molecule is O=C1C(=O)N(c2ccc3c(c2)OCO3)C(c2ccccn2)/C1=C(/O)c1ccc2c(c1)CCCC2. The third kappa shape index (κ3) is 3.23. The predicted octanol–water partition coefficient (Wildman–Crippen LogP) is 4.32. The van der Waals surface area contributed by atoms with Gasteiger partial charge in [0.1, 0.15) is 11.8 Å². The molecule has 0 radical (unpaired) electrons. The third-order valence-electron chi connectivity index (χ3n) is 6.67. The summed E-state index contributed by atoms with van der Waals surface area (Å²) in [5.74, 6) is -0.596. The lowest BCUT2D eigenvalue weighted by Gasteiger charge is -2.25. The summed E-state index contributed by atoms with van der Waals surface area (Å²) in [6.07, 6.45) is 5.80. The number of rotatable bonds is 3. The highest BCUT2D eigenvalue weighted by Crippen LogP contribution is 2.44. The number of Topliss-reactive ketones (excluding diaryl/α,β-unsaturated/α-hetero) is 1. The Morgan fingerprint density at radius 3 is 2.59 bits per heavy atom. The molecular weight excluding hydrogens is 432 g/mol. The van der Waals surface area contributed by atoms with Crippen LogP contribution < -0.4 is 14.4 Å². The lowest BCUT2D eigenvalue weighted by atomic mass is 9.89. The number of ether oxygens (including phenoxy) is 2. The third-order valence-corrected chi connectivity index (χ3v) is 6.67. The van der Waals surface area contributed by atoms with Gasteiger partial charge in [0.15, 0.2) is 11.5 Å². The molecule has 1 amide bonds. The standard InChI is InChI=1S/C27H22N2O5/c30-25(18-9-8-16-5-1-2-6-17(16)13-18)23-24(20-7-3-4-12-28-20)29(27(32)26(23)31)19-10-11-21-22(14-19)34-15-33-21/h3-4,7-14,24,30H,1-2,5-6,15H2/b25-23-. The van der Waals surface area contributed by atoms with Crippen molar-refractivity contribution in [2.45, 2.75) is 31.7 Å². The Labute approximate surface area is 196 Å². The van der Waals surface area contributed by atoms with Crippen molar-refractivity contribution in [1.29, 1.82) is 0 Å². The van der Waals surface area contributed by atoms with Crippen LogP contribution in [0.15, 0.2) is 66.4 Å². The number of carbonyl (C=O) groups excluding carboxylic acids is 2. The van der Waals surface area contributed by atoms with Crippen molar-refractivity contribution in [1.82, 2.24) is 4.98 Å². The first kappa shape index (κ1) is 20.5. The van der Waals surface area contributed by atoms with Crippen LogP contribution in [0.4, 0.5) is 5.69 Å². The fraction of sp³-hybridized carbons (Fsp3) is 0.222. The van der Waals surface area contributed by atoms with E-state index in [0.717, 1.165) is 25.7 Å². The monoisotopic (exact) mass is 454 g/mol. The Hall–Kier alpha value is -4.13. The van der Waals surface area contributed by atoms with Gasteiger partial charge in [0.05, 0.1) is 11.3 Å². The molecule has 1 saturated heterocycles. The number of pyridine rings is 1. The second kappa shape index (κ2) is 8.02. The number of aromatic nitrogens is 1. The van der Waals surface area contributed by atoms with Crippen LogP contribution in [-0.2, 0) is 22.4 Å². The number of hydrogen-bond acceptors (Lipinski definition) is 6. The predicted molar refractivity (Wildman–Crippen MR) is 125 cm³/mol. The number of aliphatic hydroxyl groups excluding tert-OH is 1. The van der Waals surface area contributed by atoms with E-state index in [4.69, 9.17) is 9.47 Å².